The second-order valence-corrected chi connectivity index (χ2v) is 4.59. The number of nitrogens with zero attached hydrogens (tertiary/aromatic N) is 1. The van der Waals surface area contributed by atoms with Crippen LogP contribution >= 0.6 is 0 Å². The van der Waals surface area contributed by atoms with Gasteiger partial charge in [-0.1, -0.05) is 13.8 Å². The molecule has 0 saturated carbocycles. The Morgan fingerprint density at radius 3 is 2.20 bits per heavy atom. The first-order valence-corrected chi connectivity index (χ1v) is 6.57. The molecule has 0 atom stereocenters. The number of amides is 1. The number of benzene rings is 1. The maximum Gasteiger partial charge on any atom is 0.416 e. The second kappa shape index (κ2) is 6.63. The molecule has 112 valence electrons. The van der Waals surface area contributed by atoms with Crippen molar-refractivity contribution in [3.63, 3.8) is 0 Å². The number of hydrogen-bond acceptors (Lipinski definition) is 2. The molecule has 1 rings (SSSR count). The van der Waals surface area contributed by atoms with E-state index in [4.69, 9.17) is 5.73 Å². The van der Waals surface area contributed by atoms with Gasteiger partial charge in [-0.2, -0.15) is 13.2 Å². The highest BCUT2D eigenvalue weighted by Crippen LogP contribution is 2.31. The average Bonchev–Trinajstić information content (AvgIpc) is 2.37. The number of carbonyl (C=O) groups excluding carboxylic acids is 1. The summed E-state index contributed by atoms with van der Waals surface area (Å²) in [4.78, 5) is 13.8. The Bertz CT molecular complexity index is 466. The Morgan fingerprint density at radius 2 is 1.75 bits per heavy atom. The van der Waals surface area contributed by atoms with Gasteiger partial charge in [-0.05, 0) is 31.0 Å². The molecule has 0 fully saturated rings. The van der Waals surface area contributed by atoms with Crippen LogP contribution in [0.25, 0.3) is 0 Å². The van der Waals surface area contributed by atoms with E-state index in [1.54, 1.807) is 0 Å². The zero-order chi connectivity index (χ0) is 15.3. The van der Waals surface area contributed by atoms with Gasteiger partial charge in [0.15, 0.2) is 0 Å². The Morgan fingerprint density at radius 1 is 1.20 bits per heavy atom. The van der Waals surface area contributed by atoms with Crippen LogP contribution in [0.15, 0.2) is 18.2 Å². The maximum atomic E-state index is 12.7. The van der Waals surface area contributed by atoms with E-state index in [1.165, 1.54) is 4.90 Å². The van der Waals surface area contributed by atoms with Gasteiger partial charge in [0.1, 0.15) is 0 Å². The summed E-state index contributed by atoms with van der Waals surface area (Å²) in [6.07, 6.45) is -3.00. The molecule has 1 aromatic rings. The van der Waals surface area contributed by atoms with E-state index in [1.807, 2.05) is 13.8 Å². The number of alkyl halides is 3. The van der Waals surface area contributed by atoms with Crippen LogP contribution in [0, 0.1) is 0 Å². The first-order chi connectivity index (χ1) is 9.31. The molecular weight excluding hydrogens is 269 g/mol. The van der Waals surface area contributed by atoms with Crippen molar-refractivity contribution in [3.05, 3.63) is 29.3 Å². The monoisotopic (exact) mass is 288 g/mol. The lowest BCUT2D eigenvalue weighted by molar-refractivity contribution is -0.137. The van der Waals surface area contributed by atoms with E-state index in [0.717, 1.165) is 31.0 Å². The van der Waals surface area contributed by atoms with Crippen LogP contribution in [-0.2, 0) is 6.18 Å². The minimum absolute atomic E-state index is 0.0696. The molecule has 0 saturated heterocycles. The summed E-state index contributed by atoms with van der Waals surface area (Å²) in [5.74, 6) is -0.447. The molecule has 0 aliphatic heterocycles. The normalized spacial score (nSPS) is 11.4. The highest BCUT2D eigenvalue weighted by atomic mass is 19.4. The van der Waals surface area contributed by atoms with Crippen LogP contribution in [0.3, 0.4) is 0 Å². The second-order valence-electron chi connectivity index (χ2n) is 4.59. The number of rotatable bonds is 5. The van der Waals surface area contributed by atoms with Crippen LogP contribution in [-0.4, -0.2) is 23.9 Å². The highest BCUT2D eigenvalue weighted by Gasteiger charge is 2.32. The van der Waals surface area contributed by atoms with Crippen LogP contribution in [0.4, 0.5) is 18.9 Å². The quantitative estimate of drug-likeness (QED) is 0.842. The van der Waals surface area contributed by atoms with Crippen molar-refractivity contribution < 1.29 is 18.0 Å². The molecule has 0 aliphatic carbocycles. The van der Waals surface area contributed by atoms with E-state index < -0.39 is 17.6 Å². The number of carbonyl (C=O) groups is 1. The highest BCUT2D eigenvalue weighted by molar-refractivity contribution is 5.99. The fourth-order valence-corrected chi connectivity index (χ4v) is 1.94. The molecule has 1 aromatic carbocycles. The maximum absolute atomic E-state index is 12.7. The summed E-state index contributed by atoms with van der Waals surface area (Å²) in [5, 5.41) is 0. The molecule has 0 unspecified atom stereocenters. The van der Waals surface area contributed by atoms with Crippen molar-refractivity contribution in [3.8, 4) is 0 Å². The number of anilines is 1. The molecule has 0 aliphatic rings. The molecule has 6 heteroatoms. The number of nitrogens with two attached hydrogens (primary N) is 1. The van der Waals surface area contributed by atoms with Gasteiger partial charge in [-0.15, -0.1) is 0 Å². The average molecular weight is 288 g/mol. The van der Waals surface area contributed by atoms with Gasteiger partial charge < -0.3 is 10.6 Å². The molecular formula is C14H19F3N2O. The smallest absolute Gasteiger partial charge is 0.398 e. The molecule has 1 amide bonds. The van der Waals surface area contributed by atoms with Crippen molar-refractivity contribution in [1.82, 2.24) is 4.90 Å². The Hall–Kier alpha value is -1.72. The predicted octanol–water partition coefficient (Wildman–Crippen LogP) is 3.55. The first-order valence-electron chi connectivity index (χ1n) is 6.57. The fourth-order valence-electron chi connectivity index (χ4n) is 1.94. The van der Waals surface area contributed by atoms with Crippen molar-refractivity contribution in [1.29, 1.82) is 0 Å². The van der Waals surface area contributed by atoms with Gasteiger partial charge in [0.05, 0.1) is 11.1 Å². The van der Waals surface area contributed by atoms with Crippen LogP contribution in [0.1, 0.15) is 42.6 Å². The summed E-state index contributed by atoms with van der Waals surface area (Å²) in [6, 6.07) is 2.85. The summed E-state index contributed by atoms with van der Waals surface area (Å²) in [7, 11) is 0. The van der Waals surface area contributed by atoms with Gasteiger partial charge in [0, 0.05) is 18.8 Å². The molecule has 2 N–H and O–H groups in total. The lowest BCUT2D eigenvalue weighted by Gasteiger charge is -2.22. The minimum Gasteiger partial charge on any atom is -0.398 e. The van der Waals surface area contributed by atoms with Gasteiger partial charge in [0.2, 0.25) is 0 Å². The van der Waals surface area contributed by atoms with E-state index in [-0.39, 0.29) is 11.3 Å². The number of halogens is 3. The third-order valence-electron chi connectivity index (χ3n) is 2.89. The Balaban J connectivity index is 3.13. The lowest BCUT2D eigenvalue weighted by Crippen LogP contribution is -2.33. The fraction of sp³-hybridized carbons (Fsp3) is 0.500. The zero-order valence-electron chi connectivity index (χ0n) is 11.6. The van der Waals surface area contributed by atoms with Crippen molar-refractivity contribution in [2.24, 2.45) is 0 Å². The molecule has 0 radical (unpaired) electrons. The van der Waals surface area contributed by atoms with Crippen molar-refractivity contribution in [2.45, 2.75) is 32.9 Å². The molecule has 20 heavy (non-hydrogen) atoms. The van der Waals surface area contributed by atoms with E-state index >= 15 is 0 Å². The predicted molar refractivity (Wildman–Crippen MR) is 72.3 cm³/mol. The van der Waals surface area contributed by atoms with Gasteiger partial charge in [0.25, 0.3) is 5.91 Å². The lowest BCUT2D eigenvalue weighted by atomic mass is 10.1. The molecule has 0 bridgehead atoms. The zero-order valence-corrected chi connectivity index (χ0v) is 11.6. The largest absolute Gasteiger partial charge is 0.416 e. The van der Waals surface area contributed by atoms with E-state index in [9.17, 15) is 18.0 Å². The van der Waals surface area contributed by atoms with Crippen LogP contribution in [0.2, 0.25) is 0 Å². The first kappa shape index (κ1) is 16.3. The topological polar surface area (TPSA) is 46.3 Å². The summed E-state index contributed by atoms with van der Waals surface area (Å²) >= 11 is 0. The SMILES string of the molecule is CCCN(CCC)C(=O)c1cc(C(F)(F)F)ccc1N. The van der Waals surface area contributed by atoms with Crippen LogP contribution in [0.5, 0.6) is 0 Å². The van der Waals surface area contributed by atoms with Gasteiger partial charge in [-0.3, -0.25) is 4.79 Å². The molecule has 0 aromatic heterocycles. The van der Waals surface area contributed by atoms with Gasteiger partial charge >= 0.3 is 6.18 Å². The Labute approximate surface area is 116 Å². The summed E-state index contributed by atoms with van der Waals surface area (Å²) < 4.78 is 38.1. The third-order valence-corrected chi connectivity index (χ3v) is 2.89. The van der Waals surface area contributed by atoms with E-state index in [2.05, 4.69) is 0 Å². The van der Waals surface area contributed by atoms with Gasteiger partial charge in [-0.25, -0.2) is 0 Å². The standard InChI is InChI=1S/C14H19F3N2O/c1-3-7-19(8-4-2)13(20)11-9-10(14(15,16)17)5-6-12(11)18/h5-6,9H,3-4,7-8,18H2,1-2H3. The van der Waals surface area contributed by atoms with E-state index in [0.29, 0.717) is 13.1 Å². The molecule has 0 heterocycles. The minimum atomic E-state index is -4.48. The molecule has 3 nitrogen and oxygen atoms in total. The number of hydrogen-bond donors (Lipinski definition) is 1. The van der Waals surface area contributed by atoms with Crippen molar-refractivity contribution in [2.75, 3.05) is 18.8 Å². The number of nitrogen functional groups attached to an aromatic ring is 1. The molecule has 0 spiro atoms. The summed E-state index contributed by atoms with van der Waals surface area (Å²) in [6.45, 7) is 4.82. The van der Waals surface area contributed by atoms with Crippen LogP contribution < -0.4 is 5.73 Å². The van der Waals surface area contributed by atoms with Crippen molar-refractivity contribution >= 4 is 11.6 Å². The summed E-state index contributed by atoms with van der Waals surface area (Å²) in [5.41, 5.74) is 4.78. The Kier molecular flexibility index (Phi) is 5.42. The third kappa shape index (κ3) is 3.88.